The molecule has 168 valence electrons. The second-order valence-electron chi connectivity index (χ2n) is 7.45. The molecule has 10 heteroatoms. The summed E-state index contributed by atoms with van der Waals surface area (Å²) in [7, 11) is 0. The summed E-state index contributed by atoms with van der Waals surface area (Å²) in [6.07, 6.45) is 3.00. The Hall–Kier alpha value is -3.01. The average molecular weight is 459 g/mol. The van der Waals surface area contributed by atoms with E-state index < -0.39 is 5.82 Å². The third-order valence-electron chi connectivity index (χ3n) is 5.24. The minimum absolute atomic E-state index is 0. The van der Waals surface area contributed by atoms with Gasteiger partial charge in [-0.1, -0.05) is 6.07 Å². The number of fused-ring (bicyclic) bond motifs is 1. The van der Waals surface area contributed by atoms with Crippen LogP contribution in [0.4, 0.5) is 16.2 Å². The third-order valence-corrected chi connectivity index (χ3v) is 5.24. The van der Waals surface area contributed by atoms with E-state index in [9.17, 15) is 4.39 Å². The number of pyridine rings is 1. The number of hydrogen-bond donors (Lipinski definition) is 2. The van der Waals surface area contributed by atoms with Crippen LogP contribution in [0.1, 0.15) is 5.56 Å². The quantitative estimate of drug-likeness (QED) is 0.603. The smallest absolute Gasteiger partial charge is 0.229 e. The highest BCUT2D eigenvalue weighted by molar-refractivity contribution is 5.85. The van der Waals surface area contributed by atoms with E-state index >= 15 is 0 Å². The Bertz CT molecular complexity index is 1060. The number of ether oxygens (including phenoxy) is 2. The Morgan fingerprint density at radius 1 is 1.00 bits per heavy atom. The van der Waals surface area contributed by atoms with Crippen LogP contribution in [0, 0.1) is 5.82 Å². The number of aromatic nitrogens is 3. The molecule has 0 radical (unpaired) electrons. The van der Waals surface area contributed by atoms with Crippen LogP contribution in [0.15, 0.2) is 42.7 Å². The molecule has 2 aliphatic heterocycles. The second kappa shape index (κ2) is 10.1. The summed E-state index contributed by atoms with van der Waals surface area (Å²) in [4.78, 5) is 15.3. The highest BCUT2D eigenvalue weighted by Crippen LogP contribution is 2.34. The second-order valence-corrected chi connectivity index (χ2v) is 7.45. The summed E-state index contributed by atoms with van der Waals surface area (Å²) in [6, 6.07) is 9.16. The van der Waals surface area contributed by atoms with Gasteiger partial charge in [-0.15, -0.1) is 12.4 Å². The van der Waals surface area contributed by atoms with Gasteiger partial charge in [0, 0.05) is 44.5 Å². The first kappa shape index (κ1) is 22.2. The molecule has 0 aliphatic carbocycles. The van der Waals surface area contributed by atoms with E-state index in [0.29, 0.717) is 36.1 Å². The van der Waals surface area contributed by atoms with Crippen molar-refractivity contribution in [3.05, 3.63) is 54.1 Å². The molecule has 0 saturated carbocycles. The minimum atomic E-state index is -0.512. The fourth-order valence-corrected chi connectivity index (χ4v) is 3.65. The summed E-state index contributed by atoms with van der Waals surface area (Å²) in [5, 5.41) is 6.41. The topological polar surface area (TPSA) is 84.4 Å². The third kappa shape index (κ3) is 5.07. The average Bonchev–Trinajstić information content (AvgIpc) is 2.82. The molecular formula is C22H24ClFN6O2. The van der Waals surface area contributed by atoms with Crippen molar-refractivity contribution >= 4 is 24.2 Å². The van der Waals surface area contributed by atoms with Gasteiger partial charge in [0.05, 0.1) is 6.20 Å². The van der Waals surface area contributed by atoms with Crippen molar-refractivity contribution < 1.29 is 13.9 Å². The SMILES string of the molecule is Cl.Fc1cnc(Nc2ccc(CN3CCNCC3)cn2)nc1-c1ccc2c(c1)OCCO2. The van der Waals surface area contributed by atoms with E-state index in [0.717, 1.165) is 44.5 Å². The van der Waals surface area contributed by atoms with Crippen LogP contribution in [0.5, 0.6) is 11.5 Å². The summed E-state index contributed by atoms with van der Waals surface area (Å²) >= 11 is 0. The van der Waals surface area contributed by atoms with Gasteiger partial charge < -0.3 is 20.1 Å². The van der Waals surface area contributed by atoms with Gasteiger partial charge in [-0.25, -0.2) is 19.3 Å². The highest BCUT2D eigenvalue weighted by Gasteiger charge is 2.16. The van der Waals surface area contributed by atoms with E-state index in [1.807, 2.05) is 18.3 Å². The van der Waals surface area contributed by atoms with E-state index in [1.54, 1.807) is 18.2 Å². The molecule has 0 unspecified atom stereocenters. The van der Waals surface area contributed by atoms with Crippen LogP contribution < -0.4 is 20.1 Å². The number of hydrogen-bond acceptors (Lipinski definition) is 8. The number of benzene rings is 1. The van der Waals surface area contributed by atoms with Crippen LogP contribution in [-0.2, 0) is 6.54 Å². The molecule has 3 aromatic rings. The van der Waals surface area contributed by atoms with Gasteiger partial charge in [0.15, 0.2) is 17.3 Å². The van der Waals surface area contributed by atoms with Crippen LogP contribution >= 0.6 is 12.4 Å². The molecular weight excluding hydrogens is 435 g/mol. The lowest BCUT2D eigenvalue weighted by Gasteiger charge is -2.27. The fraction of sp³-hybridized carbons (Fsp3) is 0.318. The van der Waals surface area contributed by atoms with E-state index in [-0.39, 0.29) is 24.0 Å². The number of rotatable bonds is 5. The number of nitrogens with zero attached hydrogens (tertiary/aromatic N) is 4. The maximum atomic E-state index is 14.5. The van der Waals surface area contributed by atoms with Crippen molar-refractivity contribution in [1.29, 1.82) is 0 Å². The van der Waals surface area contributed by atoms with Gasteiger partial charge >= 0.3 is 0 Å². The number of halogens is 2. The van der Waals surface area contributed by atoms with Crippen LogP contribution in [0.25, 0.3) is 11.3 Å². The lowest BCUT2D eigenvalue weighted by atomic mass is 10.1. The van der Waals surface area contributed by atoms with Gasteiger partial charge in [0.25, 0.3) is 0 Å². The first-order chi connectivity index (χ1) is 15.2. The molecule has 8 nitrogen and oxygen atoms in total. The van der Waals surface area contributed by atoms with E-state index in [2.05, 4.69) is 30.5 Å². The van der Waals surface area contributed by atoms with Crippen molar-refractivity contribution in [2.24, 2.45) is 0 Å². The fourth-order valence-electron chi connectivity index (χ4n) is 3.65. The van der Waals surface area contributed by atoms with Gasteiger partial charge in [0.1, 0.15) is 24.7 Å². The van der Waals surface area contributed by atoms with Crippen molar-refractivity contribution in [3.8, 4) is 22.8 Å². The summed E-state index contributed by atoms with van der Waals surface area (Å²) < 4.78 is 25.6. The summed E-state index contributed by atoms with van der Waals surface area (Å²) in [6.45, 7) is 5.94. The van der Waals surface area contributed by atoms with Crippen LogP contribution in [0.2, 0.25) is 0 Å². The molecule has 0 atom stereocenters. The molecule has 1 fully saturated rings. The van der Waals surface area contributed by atoms with Gasteiger partial charge in [-0.3, -0.25) is 4.90 Å². The predicted octanol–water partition coefficient (Wildman–Crippen LogP) is 3.02. The molecule has 2 aliphatic rings. The molecule has 4 heterocycles. The zero-order chi connectivity index (χ0) is 21.0. The Balaban J connectivity index is 0.00000245. The van der Waals surface area contributed by atoms with Crippen molar-refractivity contribution in [3.63, 3.8) is 0 Å². The zero-order valence-corrected chi connectivity index (χ0v) is 18.2. The Labute approximate surface area is 191 Å². The standard InChI is InChI=1S/C22H23FN6O2.ClH/c23-17-13-26-22(28-21(17)16-2-3-18-19(11-16)31-10-9-30-18)27-20-4-1-15(12-25-20)14-29-7-5-24-6-8-29;/h1-4,11-13,24H,5-10,14H2,(H,25,26,27,28);1H. The van der Waals surface area contributed by atoms with E-state index in [1.165, 1.54) is 0 Å². The zero-order valence-electron chi connectivity index (χ0n) is 17.4. The number of anilines is 2. The summed E-state index contributed by atoms with van der Waals surface area (Å²) in [5.41, 5.74) is 1.92. The highest BCUT2D eigenvalue weighted by atomic mass is 35.5. The molecule has 2 aromatic heterocycles. The van der Waals surface area contributed by atoms with Gasteiger partial charge in [-0.2, -0.15) is 0 Å². The Kier molecular flexibility index (Phi) is 6.99. The summed E-state index contributed by atoms with van der Waals surface area (Å²) in [5.74, 6) is 1.59. The molecule has 5 rings (SSSR count). The molecule has 32 heavy (non-hydrogen) atoms. The lowest BCUT2D eigenvalue weighted by Crippen LogP contribution is -2.42. The molecule has 0 bridgehead atoms. The Morgan fingerprint density at radius 2 is 1.81 bits per heavy atom. The minimum Gasteiger partial charge on any atom is -0.486 e. The van der Waals surface area contributed by atoms with Crippen LogP contribution in [-0.4, -0.2) is 59.2 Å². The maximum Gasteiger partial charge on any atom is 0.229 e. The lowest BCUT2D eigenvalue weighted by molar-refractivity contribution is 0.171. The first-order valence-corrected chi connectivity index (χ1v) is 10.3. The maximum absolute atomic E-state index is 14.5. The molecule has 0 spiro atoms. The first-order valence-electron chi connectivity index (χ1n) is 10.3. The Morgan fingerprint density at radius 3 is 2.59 bits per heavy atom. The number of nitrogens with one attached hydrogen (secondary N) is 2. The largest absolute Gasteiger partial charge is 0.486 e. The van der Waals surface area contributed by atoms with Crippen molar-refractivity contribution in [2.45, 2.75) is 6.54 Å². The molecule has 2 N–H and O–H groups in total. The molecule has 1 saturated heterocycles. The number of piperazine rings is 1. The normalized spacial score (nSPS) is 15.7. The van der Waals surface area contributed by atoms with Crippen molar-refractivity contribution in [1.82, 2.24) is 25.2 Å². The van der Waals surface area contributed by atoms with Gasteiger partial charge in [0.2, 0.25) is 5.95 Å². The monoisotopic (exact) mass is 458 g/mol. The van der Waals surface area contributed by atoms with Gasteiger partial charge in [-0.05, 0) is 29.8 Å². The predicted molar refractivity (Wildman–Crippen MR) is 121 cm³/mol. The van der Waals surface area contributed by atoms with E-state index in [4.69, 9.17) is 9.47 Å². The molecule has 0 amide bonds. The van der Waals surface area contributed by atoms with Crippen LogP contribution in [0.3, 0.4) is 0 Å². The molecule has 1 aromatic carbocycles. The van der Waals surface area contributed by atoms with Crippen molar-refractivity contribution in [2.75, 3.05) is 44.7 Å².